The van der Waals surface area contributed by atoms with Gasteiger partial charge in [-0.05, 0) is 0 Å². The summed E-state index contributed by atoms with van der Waals surface area (Å²) in [7, 11) is 0. The first kappa shape index (κ1) is 13.8. The molecule has 3 atom stereocenters. The highest BCUT2D eigenvalue weighted by Crippen LogP contribution is 2.16. The van der Waals surface area contributed by atoms with Crippen LogP contribution in [0.15, 0.2) is 0 Å². The minimum atomic E-state index is -2.19. The Morgan fingerprint density at radius 3 is 1.50 bits per heavy atom. The fraction of sp³-hybridized carbons (Fsp3) is 0.429. The Hall–Kier alpha value is -2.16. The average Bonchev–Trinajstić information content (AvgIpc) is 2.10. The second-order valence-electron chi connectivity index (χ2n) is 2.95. The third-order valence-electron chi connectivity index (χ3n) is 1.89. The Bertz CT molecular complexity index is 326. The Kier molecular flexibility index (Phi) is 4.39. The van der Waals surface area contributed by atoms with Crippen LogP contribution in [0, 0.1) is 11.8 Å². The molecule has 0 heterocycles. The van der Waals surface area contributed by atoms with Crippen molar-refractivity contribution in [3.63, 3.8) is 0 Å². The molecular weight excluding hydrogens is 224 g/mol. The second kappa shape index (κ2) is 5.07. The van der Waals surface area contributed by atoms with Crippen LogP contribution in [-0.2, 0) is 19.2 Å². The van der Waals surface area contributed by atoms with Gasteiger partial charge in [-0.25, -0.2) is 0 Å². The lowest BCUT2D eigenvalue weighted by Gasteiger charge is -2.20. The SMILES string of the molecule is NC(=O)C(C(=O)O)C(C(=O)O)C(N)C(=O)O. The highest BCUT2D eigenvalue weighted by Gasteiger charge is 2.44. The van der Waals surface area contributed by atoms with Crippen LogP contribution >= 0.6 is 0 Å². The van der Waals surface area contributed by atoms with Crippen molar-refractivity contribution in [3.05, 3.63) is 0 Å². The lowest BCUT2D eigenvalue weighted by Crippen LogP contribution is -2.51. The third kappa shape index (κ3) is 2.92. The highest BCUT2D eigenvalue weighted by atomic mass is 16.4. The molecule has 0 spiro atoms. The van der Waals surface area contributed by atoms with Gasteiger partial charge in [0.15, 0.2) is 5.92 Å². The number of amides is 1. The van der Waals surface area contributed by atoms with Gasteiger partial charge in [0, 0.05) is 0 Å². The molecule has 0 aliphatic heterocycles. The number of carbonyl (C=O) groups is 4. The first-order chi connectivity index (χ1) is 7.20. The van der Waals surface area contributed by atoms with Crippen LogP contribution in [0.25, 0.3) is 0 Å². The van der Waals surface area contributed by atoms with E-state index in [0.717, 1.165) is 0 Å². The van der Waals surface area contributed by atoms with Gasteiger partial charge in [-0.3, -0.25) is 19.2 Å². The second-order valence-corrected chi connectivity index (χ2v) is 2.95. The number of hydrogen-bond acceptors (Lipinski definition) is 5. The quantitative estimate of drug-likeness (QED) is 0.307. The molecule has 0 aromatic heterocycles. The molecule has 9 heteroatoms. The van der Waals surface area contributed by atoms with Crippen molar-refractivity contribution in [1.29, 1.82) is 0 Å². The molecule has 7 N–H and O–H groups in total. The van der Waals surface area contributed by atoms with Crippen molar-refractivity contribution in [2.75, 3.05) is 0 Å². The van der Waals surface area contributed by atoms with Gasteiger partial charge in [0.2, 0.25) is 5.91 Å². The zero-order chi connectivity index (χ0) is 13.0. The number of carboxylic acids is 3. The molecule has 0 rings (SSSR count). The van der Waals surface area contributed by atoms with Crippen LogP contribution in [0.5, 0.6) is 0 Å². The first-order valence-electron chi connectivity index (χ1n) is 3.93. The van der Waals surface area contributed by atoms with Gasteiger partial charge in [0.25, 0.3) is 0 Å². The Morgan fingerprint density at radius 2 is 1.31 bits per heavy atom. The summed E-state index contributed by atoms with van der Waals surface area (Å²) < 4.78 is 0. The maximum atomic E-state index is 10.7. The fourth-order valence-corrected chi connectivity index (χ4v) is 1.11. The fourth-order valence-electron chi connectivity index (χ4n) is 1.11. The molecule has 1 amide bonds. The largest absolute Gasteiger partial charge is 0.481 e. The lowest BCUT2D eigenvalue weighted by molar-refractivity contribution is -0.161. The maximum absolute atomic E-state index is 10.7. The van der Waals surface area contributed by atoms with E-state index in [-0.39, 0.29) is 0 Å². The van der Waals surface area contributed by atoms with Crippen LogP contribution in [0.1, 0.15) is 0 Å². The molecule has 0 bridgehead atoms. The van der Waals surface area contributed by atoms with E-state index in [1.165, 1.54) is 0 Å². The van der Waals surface area contributed by atoms with Crippen molar-refractivity contribution in [2.24, 2.45) is 23.3 Å². The number of rotatable bonds is 6. The third-order valence-corrected chi connectivity index (χ3v) is 1.89. The number of nitrogens with two attached hydrogens (primary N) is 2. The maximum Gasteiger partial charge on any atom is 0.321 e. The van der Waals surface area contributed by atoms with E-state index in [9.17, 15) is 19.2 Å². The van der Waals surface area contributed by atoms with E-state index >= 15 is 0 Å². The van der Waals surface area contributed by atoms with Crippen molar-refractivity contribution < 1.29 is 34.5 Å². The molecule has 0 aromatic rings. The Labute approximate surface area is 88.6 Å². The van der Waals surface area contributed by atoms with Crippen LogP contribution in [-0.4, -0.2) is 45.2 Å². The minimum Gasteiger partial charge on any atom is -0.481 e. The number of primary amides is 1. The van der Waals surface area contributed by atoms with E-state index in [1.54, 1.807) is 0 Å². The molecule has 0 saturated carbocycles. The van der Waals surface area contributed by atoms with Crippen LogP contribution in [0.2, 0.25) is 0 Å². The van der Waals surface area contributed by atoms with Gasteiger partial charge in [0.05, 0.1) is 0 Å². The molecule has 0 saturated heterocycles. The van der Waals surface area contributed by atoms with Crippen LogP contribution < -0.4 is 11.5 Å². The van der Waals surface area contributed by atoms with Gasteiger partial charge >= 0.3 is 17.9 Å². The summed E-state index contributed by atoms with van der Waals surface area (Å²) in [5.74, 6) is -11.2. The van der Waals surface area contributed by atoms with Crippen LogP contribution in [0.3, 0.4) is 0 Å². The summed E-state index contributed by atoms with van der Waals surface area (Å²) in [6.45, 7) is 0. The average molecular weight is 234 g/mol. The zero-order valence-corrected chi connectivity index (χ0v) is 7.86. The van der Waals surface area contributed by atoms with E-state index < -0.39 is 41.7 Å². The molecule has 3 unspecified atom stereocenters. The van der Waals surface area contributed by atoms with Gasteiger partial charge in [-0.2, -0.15) is 0 Å². The van der Waals surface area contributed by atoms with Crippen LogP contribution in [0.4, 0.5) is 0 Å². The number of carboxylic acid groups (broad SMARTS) is 3. The zero-order valence-electron chi connectivity index (χ0n) is 7.86. The molecule has 90 valence electrons. The van der Waals surface area contributed by atoms with Crippen molar-refractivity contribution in [1.82, 2.24) is 0 Å². The molecule has 16 heavy (non-hydrogen) atoms. The molecule has 0 aliphatic carbocycles. The molecular formula is C7H10N2O7. The Balaban J connectivity index is 5.32. The van der Waals surface area contributed by atoms with Crippen molar-refractivity contribution in [3.8, 4) is 0 Å². The first-order valence-corrected chi connectivity index (χ1v) is 3.93. The van der Waals surface area contributed by atoms with E-state index in [4.69, 9.17) is 21.1 Å². The van der Waals surface area contributed by atoms with E-state index in [0.29, 0.717) is 0 Å². The summed E-state index contributed by atoms with van der Waals surface area (Å²) in [5.41, 5.74) is 9.67. The highest BCUT2D eigenvalue weighted by molar-refractivity contribution is 6.01. The molecule has 9 nitrogen and oxygen atoms in total. The summed E-state index contributed by atoms with van der Waals surface area (Å²) in [6.07, 6.45) is 0. The van der Waals surface area contributed by atoms with Gasteiger partial charge in [0.1, 0.15) is 12.0 Å². The molecule has 0 radical (unpaired) electrons. The predicted octanol–water partition coefficient (Wildman–Crippen LogP) is -2.71. The lowest BCUT2D eigenvalue weighted by atomic mass is 9.85. The summed E-state index contributed by atoms with van der Waals surface area (Å²) >= 11 is 0. The van der Waals surface area contributed by atoms with E-state index in [2.05, 4.69) is 5.73 Å². The minimum absolute atomic E-state index is 1.46. The molecule has 0 aromatic carbocycles. The number of carbonyl (C=O) groups excluding carboxylic acids is 1. The van der Waals surface area contributed by atoms with Gasteiger partial charge in [-0.1, -0.05) is 0 Å². The van der Waals surface area contributed by atoms with Crippen molar-refractivity contribution >= 4 is 23.8 Å². The number of hydrogen-bond donors (Lipinski definition) is 5. The van der Waals surface area contributed by atoms with Crippen molar-refractivity contribution in [2.45, 2.75) is 6.04 Å². The number of aliphatic carboxylic acids is 3. The molecule has 0 aliphatic rings. The van der Waals surface area contributed by atoms with Gasteiger partial charge < -0.3 is 26.8 Å². The predicted molar refractivity (Wildman–Crippen MR) is 47.1 cm³/mol. The standard InChI is InChI=1S/C7H10N2O7/c8-3(7(15)16)1(5(11)12)2(4(9)10)6(13)14/h1-3H,8H2,(H2,9,10)(H,11,12)(H,13,14)(H,15,16). The summed E-state index contributed by atoms with van der Waals surface area (Å²) in [5, 5.41) is 25.7. The van der Waals surface area contributed by atoms with Gasteiger partial charge in [-0.15, -0.1) is 0 Å². The Morgan fingerprint density at radius 1 is 0.875 bits per heavy atom. The summed E-state index contributed by atoms with van der Waals surface area (Å²) in [4.78, 5) is 42.5. The molecule has 0 fully saturated rings. The smallest absolute Gasteiger partial charge is 0.321 e. The van der Waals surface area contributed by atoms with E-state index in [1.807, 2.05) is 0 Å². The topological polar surface area (TPSA) is 181 Å². The summed E-state index contributed by atoms with van der Waals surface area (Å²) in [6, 6.07) is -2.04. The monoisotopic (exact) mass is 234 g/mol. The normalized spacial score (nSPS) is 15.8.